The summed E-state index contributed by atoms with van der Waals surface area (Å²) in [5.74, 6) is -0.0903. The normalized spacial score (nSPS) is 13.2. The number of aliphatic hydroxyl groups is 1. The van der Waals surface area contributed by atoms with Crippen LogP contribution in [-0.2, 0) is 14.8 Å². The average Bonchev–Trinajstić information content (AvgIpc) is 1.99. The Kier molecular flexibility index (Phi) is 4.83. The minimum atomic E-state index is -3.35. The van der Waals surface area contributed by atoms with Gasteiger partial charge in [0.15, 0.2) is 0 Å². The molecule has 0 atom stereocenters. The van der Waals surface area contributed by atoms with Crippen molar-refractivity contribution in [3.05, 3.63) is 0 Å². The summed E-state index contributed by atoms with van der Waals surface area (Å²) in [7, 11) is -1.91. The molecule has 0 saturated heterocycles. The lowest BCUT2D eigenvalue weighted by Gasteiger charge is -2.22. The Labute approximate surface area is 79.1 Å². The SMILES string of the molecule is COCCS(=O)(=O)NC(C)(C)CO. The molecule has 80 valence electrons. The van der Waals surface area contributed by atoms with Crippen LogP contribution in [0, 0.1) is 0 Å². The van der Waals surface area contributed by atoms with Gasteiger partial charge >= 0.3 is 0 Å². The molecule has 6 heteroatoms. The first-order valence-corrected chi connectivity index (χ1v) is 5.60. The third-order valence-corrected chi connectivity index (χ3v) is 2.95. The Morgan fingerprint density at radius 2 is 2.00 bits per heavy atom. The van der Waals surface area contributed by atoms with Crippen LogP contribution in [0.25, 0.3) is 0 Å². The fourth-order valence-corrected chi connectivity index (χ4v) is 2.09. The summed E-state index contributed by atoms with van der Waals surface area (Å²) in [4.78, 5) is 0. The van der Waals surface area contributed by atoms with Crippen molar-refractivity contribution in [2.45, 2.75) is 19.4 Å². The Hall–Kier alpha value is -0.170. The Bertz CT molecular complexity index is 235. The molecule has 2 N–H and O–H groups in total. The molecule has 0 aromatic rings. The van der Waals surface area contributed by atoms with Gasteiger partial charge in [-0.05, 0) is 13.8 Å². The largest absolute Gasteiger partial charge is 0.394 e. The number of rotatable bonds is 6. The molecule has 0 aliphatic rings. The smallest absolute Gasteiger partial charge is 0.214 e. The lowest BCUT2D eigenvalue weighted by atomic mass is 10.1. The Balaban J connectivity index is 4.18. The molecule has 0 bridgehead atoms. The van der Waals surface area contributed by atoms with Gasteiger partial charge in [0.2, 0.25) is 10.0 Å². The molecule has 0 heterocycles. The fraction of sp³-hybridized carbons (Fsp3) is 1.00. The maximum atomic E-state index is 11.3. The van der Waals surface area contributed by atoms with Crippen molar-refractivity contribution in [2.24, 2.45) is 0 Å². The zero-order chi connectivity index (χ0) is 10.5. The van der Waals surface area contributed by atoms with E-state index >= 15 is 0 Å². The van der Waals surface area contributed by atoms with Gasteiger partial charge < -0.3 is 9.84 Å². The van der Waals surface area contributed by atoms with Crippen LogP contribution in [0.5, 0.6) is 0 Å². The number of nitrogens with one attached hydrogen (secondary N) is 1. The third-order valence-electron chi connectivity index (χ3n) is 1.38. The average molecular weight is 211 g/mol. The zero-order valence-corrected chi connectivity index (χ0v) is 9.02. The maximum Gasteiger partial charge on any atom is 0.214 e. The summed E-state index contributed by atoms with van der Waals surface area (Å²) < 4.78 is 29.5. The summed E-state index contributed by atoms with van der Waals surface area (Å²) in [5.41, 5.74) is -0.813. The molecule has 0 aliphatic heterocycles. The second-order valence-corrected chi connectivity index (χ2v) is 5.30. The van der Waals surface area contributed by atoms with Gasteiger partial charge in [0.25, 0.3) is 0 Å². The number of sulfonamides is 1. The van der Waals surface area contributed by atoms with Crippen molar-refractivity contribution < 1.29 is 18.3 Å². The number of aliphatic hydroxyl groups excluding tert-OH is 1. The second-order valence-electron chi connectivity index (χ2n) is 3.46. The third kappa shape index (κ3) is 5.98. The van der Waals surface area contributed by atoms with Gasteiger partial charge in [-0.1, -0.05) is 0 Å². The maximum absolute atomic E-state index is 11.3. The molecule has 0 rings (SSSR count). The molecule has 0 aromatic heterocycles. The van der Waals surface area contributed by atoms with Crippen LogP contribution in [0.15, 0.2) is 0 Å². The predicted molar refractivity (Wildman–Crippen MR) is 50.0 cm³/mol. The number of methoxy groups -OCH3 is 1. The molecule has 0 aromatic carbocycles. The van der Waals surface area contributed by atoms with Gasteiger partial charge in [0.1, 0.15) is 0 Å². The minimum Gasteiger partial charge on any atom is -0.394 e. The van der Waals surface area contributed by atoms with Crippen molar-refractivity contribution in [1.82, 2.24) is 4.72 Å². The van der Waals surface area contributed by atoms with E-state index in [0.717, 1.165) is 0 Å². The summed E-state index contributed by atoms with van der Waals surface area (Å²) in [6.07, 6.45) is 0. The van der Waals surface area contributed by atoms with E-state index in [1.54, 1.807) is 13.8 Å². The highest BCUT2D eigenvalue weighted by Crippen LogP contribution is 2.02. The van der Waals surface area contributed by atoms with E-state index in [1.165, 1.54) is 7.11 Å². The molecule has 0 aliphatic carbocycles. The van der Waals surface area contributed by atoms with Gasteiger partial charge in [-0.3, -0.25) is 0 Å². The van der Waals surface area contributed by atoms with E-state index in [9.17, 15) is 8.42 Å². The fourth-order valence-electron chi connectivity index (χ4n) is 0.697. The summed E-state index contributed by atoms with van der Waals surface area (Å²) in [6, 6.07) is 0. The standard InChI is InChI=1S/C7H17NO4S/c1-7(2,6-9)8-13(10,11)5-4-12-3/h8-9H,4-6H2,1-3H3. The van der Waals surface area contributed by atoms with E-state index < -0.39 is 15.6 Å². The van der Waals surface area contributed by atoms with Crippen LogP contribution in [0.2, 0.25) is 0 Å². The summed E-state index contributed by atoms with van der Waals surface area (Å²) >= 11 is 0. The van der Waals surface area contributed by atoms with E-state index in [1.807, 2.05) is 0 Å². The molecule has 0 radical (unpaired) electrons. The zero-order valence-electron chi connectivity index (χ0n) is 8.20. The van der Waals surface area contributed by atoms with Crippen LogP contribution in [0.1, 0.15) is 13.8 Å². The van der Waals surface area contributed by atoms with Crippen LogP contribution >= 0.6 is 0 Å². The van der Waals surface area contributed by atoms with Crippen molar-refractivity contribution in [1.29, 1.82) is 0 Å². The molecule has 0 saturated carbocycles. The summed E-state index contributed by atoms with van der Waals surface area (Å²) in [6.45, 7) is 3.13. The van der Waals surface area contributed by atoms with Crippen LogP contribution in [0.4, 0.5) is 0 Å². The van der Waals surface area contributed by atoms with Gasteiger partial charge in [-0.25, -0.2) is 13.1 Å². The topological polar surface area (TPSA) is 75.6 Å². The minimum absolute atomic E-state index is 0.0903. The van der Waals surface area contributed by atoms with Crippen molar-refractivity contribution in [3.8, 4) is 0 Å². The highest BCUT2D eigenvalue weighted by Gasteiger charge is 2.23. The van der Waals surface area contributed by atoms with Crippen molar-refractivity contribution in [3.63, 3.8) is 0 Å². The number of hydrogen-bond acceptors (Lipinski definition) is 4. The summed E-state index contributed by atoms with van der Waals surface area (Å²) in [5, 5.41) is 8.82. The van der Waals surface area contributed by atoms with Gasteiger partial charge in [-0.2, -0.15) is 0 Å². The van der Waals surface area contributed by atoms with Crippen molar-refractivity contribution in [2.75, 3.05) is 26.1 Å². The lowest BCUT2D eigenvalue weighted by molar-refractivity contribution is 0.204. The molecule has 13 heavy (non-hydrogen) atoms. The highest BCUT2D eigenvalue weighted by atomic mass is 32.2. The van der Waals surface area contributed by atoms with Crippen molar-refractivity contribution >= 4 is 10.0 Å². The quantitative estimate of drug-likeness (QED) is 0.610. The highest BCUT2D eigenvalue weighted by molar-refractivity contribution is 7.89. The molecule has 0 amide bonds. The van der Waals surface area contributed by atoms with E-state index in [-0.39, 0.29) is 19.0 Å². The van der Waals surface area contributed by atoms with Gasteiger partial charge in [0.05, 0.1) is 24.5 Å². The number of hydrogen-bond donors (Lipinski definition) is 2. The lowest BCUT2D eigenvalue weighted by Crippen LogP contribution is -2.47. The van der Waals surface area contributed by atoms with Gasteiger partial charge in [-0.15, -0.1) is 0 Å². The Morgan fingerprint density at radius 3 is 2.38 bits per heavy atom. The van der Waals surface area contributed by atoms with Crippen LogP contribution < -0.4 is 4.72 Å². The van der Waals surface area contributed by atoms with E-state index in [0.29, 0.717) is 0 Å². The molecular weight excluding hydrogens is 194 g/mol. The predicted octanol–water partition coefficient (Wildman–Crippen LogP) is -0.677. The van der Waals surface area contributed by atoms with Crippen LogP contribution in [0.3, 0.4) is 0 Å². The second kappa shape index (κ2) is 4.90. The molecule has 5 nitrogen and oxygen atoms in total. The van der Waals surface area contributed by atoms with E-state index in [2.05, 4.69) is 9.46 Å². The molecular formula is C7H17NO4S. The molecule has 0 unspecified atom stereocenters. The monoisotopic (exact) mass is 211 g/mol. The molecule has 0 spiro atoms. The number of ether oxygens (including phenoxy) is 1. The van der Waals surface area contributed by atoms with Gasteiger partial charge in [0, 0.05) is 7.11 Å². The van der Waals surface area contributed by atoms with Crippen LogP contribution in [-0.4, -0.2) is 45.1 Å². The van der Waals surface area contributed by atoms with E-state index in [4.69, 9.17) is 5.11 Å². The Morgan fingerprint density at radius 1 is 1.46 bits per heavy atom. The first kappa shape index (κ1) is 12.8. The molecule has 0 fully saturated rings. The first-order valence-electron chi connectivity index (χ1n) is 3.94. The first-order chi connectivity index (χ1) is 5.83.